The molecule has 0 aromatic heterocycles. The molecule has 0 radical (unpaired) electrons. The highest BCUT2D eigenvalue weighted by Crippen LogP contribution is 1.87. The zero-order valence-electron chi connectivity index (χ0n) is 26.1. The van der Waals surface area contributed by atoms with Gasteiger partial charge in [-0.05, 0) is 19.5 Å². The van der Waals surface area contributed by atoms with Gasteiger partial charge >= 0.3 is 0 Å². The Morgan fingerprint density at radius 3 is 0.810 bits per heavy atom. The Balaban J connectivity index is 3.02. The molecule has 0 fully saturated rings. The number of methoxy groups -OCH3 is 1. The highest BCUT2D eigenvalue weighted by atomic mass is 16.6. The molecule has 0 aliphatic carbocycles. The Labute approximate surface area is 253 Å². The lowest BCUT2D eigenvalue weighted by molar-refractivity contribution is -0.0280. The first-order chi connectivity index (χ1) is 20.9. The number of hydrogen-bond acceptors (Lipinski definition) is 14. The first kappa shape index (κ1) is 41.4. The summed E-state index contributed by atoms with van der Waals surface area (Å²) in [5, 5.41) is 3.26. The molecule has 0 saturated heterocycles. The van der Waals surface area contributed by atoms with Crippen LogP contribution in [0.1, 0.15) is 6.42 Å². The summed E-state index contributed by atoms with van der Waals surface area (Å²) in [6.45, 7) is 15.0. The van der Waals surface area contributed by atoms with E-state index in [9.17, 15) is 0 Å². The summed E-state index contributed by atoms with van der Waals surface area (Å²) in [7, 11) is 1.65. The second-order valence-electron chi connectivity index (χ2n) is 8.62. The minimum absolute atomic E-state index is 0.515. The van der Waals surface area contributed by atoms with Gasteiger partial charge in [-0.15, -0.1) is 0 Å². The van der Waals surface area contributed by atoms with Crippen molar-refractivity contribution in [2.75, 3.05) is 179 Å². The van der Waals surface area contributed by atoms with Gasteiger partial charge in [0.1, 0.15) is 0 Å². The number of hydrogen-bond donors (Lipinski definition) is 2. The van der Waals surface area contributed by atoms with E-state index in [1.54, 1.807) is 7.11 Å². The Morgan fingerprint density at radius 1 is 0.333 bits per heavy atom. The van der Waals surface area contributed by atoms with Crippen molar-refractivity contribution in [1.82, 2.24) is 5.32 Å². The van der Waals surface area contributed by atoms with Crippen LogP contribution in [0.3, 0.4) is 0 Å². The molecule has 0 aromatic carbocycles. The van der Waals surface area contributed by atoms with Crippen LogP contribution in [-0.4, -0.2) is 179 Å². The summed E-state index contributed by atoms with van der Waals surface area (Å²) in [6, 6.07) is 0. The zero-order valence-corrected chi connectivity index (χ0v) is 26.1. The number of rotatable bonds is 39. The van der Waals surface area contributed by atoms with Crippen LogP contribution in [0.5, 0.6) is 0 Å². The summed E-state index contributed by atoms with van der Waals surface area (Å²) in [6.07, 6.45) is 0.984. The quantitative estimate of drug-likeness (QED) is 0.0875. The molecule has 3 N–H and O–H groups in total. The Bertz CT molecular complexity index is 433. The van der Waals surface area contributed by atoms with Gasteiger partial charge in [0.15, 0.2) is 0 Å². The fourth-order valence-corrected chi connectivity index (χ4v) is 2.94. The van der Waals surface area contributed by atoms with Gasteiger partial charge in [0.25, 0.3) is 0 Å². The van der Waals surface area contributed by atoms with Crippen molar-refractivity contribution in [3.05, 3.63) is 0 Å². The van der Waals surface area contributed by atoms with Crippen LogP contribution in [0.25, 0.3) is 0 Å². The fraction of sp³-hybridized carbons (Fsp3) is 1.00. The largest absolute Gasteiger partial charge is 0.382 e. The molecule has 254 valence electrons. The van der Waals surface area contributed by atoms with Crippen LogP contribution in [-0.2, 0) is 56.8 Å². The Kier molecular flexibility index (Phi) is 39.9. The van der Waals surface area contributed by atoms with Crippen molar-refractivity contribution < 1.29 is 56.8 Å². The number of nitrogens with two attached hydrogens (primary N) is 1. The van der Waals surface area contributed by atoms with Gasteiger partial charge in [-0.3, -0.25) is 0 Å². The molecular formula is C28H60N2O12. The second-order valence-corrected chi connectivity index (χ2v) is 8.62. The maximum atomic E-state index is 5.47. The van der Waals surface area contributed by atoms with Crippen LogP contribution in [0.15, 0.2) is 0 Å². The molecule has 0 bridgehead atoms. The second kappa shape index (κ2) is 40.4. The highest BCUT2D eigenvalue weighted by Gasteiger charge is 1.96. The van der Waals surface area contributed by atoms with E-state index in [-0.39, 0.29) is 0 Å². The third kappa shape index (κ3) is 39.4. The summed E-state index contributed by atoms with van der Waals surface area (Å²) in [5.74, 6) is 0. The van der Waals surface area contributed by atoms with Crippen molar-refractivity contribution in [3.63, 3.8) is 0 Å². The fourth-order valence-electron chi connectivity index (χ4n) is 2.94. The van der Waals surface area contributed by atoms with E-state index in [2.05, 4.69) is 5.32 Å². The maximum absolute atomic E-state index is 5.47. The van der Waals surface area contributed by atoms with Gasteiger partial charge in [0.2, 0.25) is 0 Å². The molecule has 0 saturated carbocycles. The van der Waals surface area contributed by atoms with Crippen molar-refractivity contribution in [2.45, 2.75) is 6.42 Å². The lowest BCUT2D eigenvalue weighted by Crippen LogP contribution is -2.23. The van der Waals surface area contributed by atoms with E-state index in [0.29, 0.717) is 159 Å². The Hall–Kier alpha value is -0.560. The molecule has 0 unspecified atom stereocenters. The average molecular weight is 617 g/mol. The zero-order chi connectivity index (χ0) is 30.3. The van der Waals surface area contributed by atoms with Crippen LogP contribution < -0.4 is 11.1 Å². The summed E-state index contributed by atoms with van der Waals surface area (Å²) >= 11 is 0. The first-order valence-corrected chi connectivity index (χ1v) is 15.2. The van der Waals surface area contributed by atoms with Crippen LogP contribution in [0.2, 0.25) is 0 Å². The van der Waals surface area contributed by atoms with Crippen molar-refractivity contribution >= 4 is 0 Å². The molecule has 0 aliphatic rings. The standard InChI is InChI=1S/C28H60N2O12/c1-31-7-8-33-11-12-35-15-16-37-19-20-39-23-24-41-27-28-42-26-25-40-22-21-38-18-17-36-14-13-34-10-9-32-6-5-30-4-2-3-29/h30H,2-29H2,1H3. The molecule has 0 aliphatic heterocycles. The minimum atomic E-state index is 0.515. The molecule has 0 rings (SSSR count). The van der Waals surface area contributed by atoms with E-state index >= 15 is 0 Å². The molecule has 0 aromatic rings. The summed E-state index contributed by atoms with van der Waals surface area (Å²) in [5.41, 5.74) is 5.43. The van der Waals surface area contributed by atoms with Crippen molar-refractivity contribution in [1.29, 1.82) is 0 Å². The van der Waals surface area contributed by atoms with E-state index in [1.165, 1.54) is 0 Å². The van der Waals surface area contributed by atoms with E-state index in [1.807, 2.05) is 0 Å². The third-order valence-corrected chi connectivity index (χ3v) is 5.13. The van der Waals surface area contributed by atoms with Crippen molar-refractivity contribution in [3.8, 4) is 0 Å². The van der Waals surface area contributed by atoms with Crippen LogP contribution in [0, 0.1) is 0 Å². The third-order valence-electron chi connectivity index (χ3n) is 5.13. The van der Waals surface area contributed by atoms with Gasteiger partial charge in [-0.1, -0.05) is 0 Å². The average Bonchev–Trinajstić information content (AvgIpc) is 3.00. The summed E-state index contributed by atoms with van der Waals surface area (Å²) in [4.78, 5) is 0. The summed E-state index contributed by atoms with van der Waals surface area (Å²) < 4.78 is 64.7. The molecule has 42 heavy (non-hydrogen) atoms. The topological polar surface area (TPSA) is 149 Å². The molecule has 14 nitrogen and oxygen atoms in total. The smallest absolute Gasteiger partial charge is 0.0701 e. The van der Waals surface area contributed by atoms with Gasteiger partial charge in [0.05, 0.1) is 152 Å². The SMILES string of the molecule is COCCOCCOCCOCCOCCOCCOCCOCCOCCOCCOCCOCCNCCCN. The highest BCUT2D eigenvalue weighted by molar-refractivity contribution is 4.47. The van der Waals surface area contributed by atoms with E-state index < -0.39 is 0 Å². The Morgan fingerprint density at radius 2 is 0.571 bits per heavy atom. The van der Waals surface area contributed by atoms with Crippen LogP contribution >= 0.6 is 0 Å². The normalized spacial score (nSPS) is 11.6. The molecule has 14 heteroatoms. The van der Waals surface area contributed by atoms with Gasteiger partial charge in [-0.25, -0.2) is 0 Å². The molecule has 0 amide bonds. The first-order valence-electron chi connectivity index (χ1n) is 15.2. The monoisotopic (exact) mass is 616 g/mol. The molecule has 0 heterocycles. The molecular weight excluding hydrogens is 556 g/mol. The number of nitrogens with one attached hydrogen (secondary N) is 1. The van der Waals surface area contributed by atoms with Gasteiger partial charge in [0, 0.05) is 13.7 Å². The predicted octanol–water partition coefficient (Wildman–Crippen LogP) is -0.246. The van der Waals surface area contributed by atoms with Gasteiger partial charge in [-0.2, -0.15) is 0 Å². The minimum Gasteiger partial charge on any atom is -0.382 e. The predicted molar refractivity (Wildman–Crippen MR) is 157 cm³/mol. The lowest BCUT2D eigenvalue weighted by Gasteiger charge is -2.09. The van der Waals surface area contributed by atoms with Gasteiger partial charge < -0.3 is 67.9 Å². The number of ether oxygens (including phenoxy) is 12. The van der Waals surface area contributed by atoms with E-state index in [0.717, 1.165) is 19.5 Å². The maximum Gasteiger partial charge on any atom is 0.0701 e. The molecule has 0 spiro atoms. The van der Waals surface area contributed by atoms with E-state index in [4.69, 9.17) is 62.6 Å². The lowest BCUT2D eigenvalue weighted by atomic mass is 10.4. The van der Waals surface area contributed by atoms with Crippen molar-refractivity contribution in [2.24, 2.45) is 5.73 Å². The molecule has 0 atom stereocenters. The van der Waals surface area contributed by atoms with Crippen LogP contribution in [0.4, 0.5) is 0 Å².